The summed E-state index contributed by atoms with van der Waals surface area (Å²) < 4.78 is 25.6. The SMILES string of the molecule is [2H]C#C[C@@]1(O)[C@@H](CO)OC(n2cc(F)c(=O)[nH]c2=O)[C@@H]1O. The second-order valence-electron chi connectivity index (χ2n) is 4.24. The third kappa shape index (κ3) is 1.95. The van der Waals surface area contributed by atoms with Crippen LogP contribution < -0.4 is 11.2 Å². The zero-order chi connectivity index (χ0) is 15.8. The van der Waals surface area contributed by atoms with Gasteiger partial charge in [0.15, 0.2) is 11.8 Å². The van der Waals surface area contributed by atoms with Gasteiger partial charge in [-0.3, -0.25) is 14.3 Å². The molecule has 4 atom stereocenters. The highest BCUT2D eigenvalue weighted by Crippen LogP contribution is 2.35. The highest BCUT2D eigenvalue weighted by molar-refractivity contribution is 5.19. The highest BCUT2D eigenvalue weighted by Gasteiger charge is 2.55. The molecule has 2 heterocycles. The number of aromatic nitrogens is 2. The van der Waals surface area contributed by atoms with Crippen molar-refractivity contribution in [3.05, 3.63) is 32.9 Å². The molecule has 20 heavy (non-hydrogen) atoms. The number of aromatic amines is 1. The van der Waals surface area contributed by atoms with Crippen molar-refractivity contribution in [2.45, 2.75) is 24.0 Å². The fourth-order valence-corrected chi connectivity index (χ4v) is 1.96. The highest BCUT2D eigenvalue weighted by atomic mass is 19.1. The molecule has 1 aliphatic heterocycles. The number of nitrogens with zero attached hydrogens (tertiary/aromatic N) is 1. The molecule has 108 valence electrons. The molecule has 2 rings (SSSR count). The summed E-state index contributed by atoms with van der Waals surface area (Å²) in [5.41, 5.74) is -4.64. The van der Waals surface area contributed by atoms with E-state index in [1.165, 1.54) is 0 Å². The number of ether oxygens (including phenoxy) is 1. The molecule has 1 aromatic rings. The van der Waals surface area contributed by atoms with Crippen molar-refractivity contribution in [3.8, 4) is 12.3 Å². The average Bonchev–Trinajstić information content (AvgIpc) is 2.67. The number of H-pyrrole nitrogens is 1. The van der Waals surface area contributed by atoms with Crippen molar-refractivity contribution in [1.82, 2.24) is 9.55 Å². The molecular formula is C11H11FN2O6. The van der Waals surface area contributed by atoms with Crippen LogP contribution in [0.3, 0.4) is 0 Å². The van der Waals surface area contributed by atoms with E-state index in [-0.39, 0.29) is 0 Å². The van der Waals surface area contributed by atoms with Crippen LogP contribution in [-0.4, -0.2) is 49.3 Å². The van der Waals surface area contributed by atoms with Crippen LogP contribution in [0, 0.1) is 18.1 Å². The topological polar surface area (TPSA) is 125 Å². The summed E-state index contributed by atoms with van der Waals surface area (Å²) in [4.78, 5) is 24.2. The summed E-state index contributed by atoms with van der Waals surface area (Å²) in [6.45, 7) is -0.765. The average molecular weight is 287 g/mol. The molecule has 0 aromatic carbocycles. The summed E-state index contributed by atoms with van der Waals surface area (Å²) in [5.74, 6) is 0.675. The lowest BCUT2D eigenvalue weighted by molar-refractivity contribution is -0.0626. The van der Waals surface area contributed by atoms with E-state index in [9.17, 15) is 24.2 Å². The number of halogens is 1. The lowest BCUT2D eigenvalue weighted by Crippen LogP contribution is -2.48. The molecule has 8 nitrogen and oxygen atoms in total. The molecule has 9 heteroatoms. The standard InChI is InChI=1S/C11H11FN2O6/c1-2-11(19)6(4-15)20-9(7(11)16)14-3-5(12)8(17)13-10(14)18/h1,3,6-7,9,15-16,19H,4H2,(H,13,17,18)/t6-,7+,9?,11-/m1/s1/i1D. The van der Waals surface area contributed by atoms with Crippen LogP contribution in [0.5, 0.6) is 0 Å². The van der Waals surface area contributed by atoms with E-state index in [0.717, 1.165) is 0 Å². The molecule has 0 amide bonds. The van der Waals surface area contributed by atoms with Gasteiger partial charge in [0, 0.05) is 0 Å². The molecule has 0 spiro atoms. The molecule has 1 unspecified atom stereocenters. The lowest BCUT2D eigenvalue weighted by atomic mass is 9.93. The molecule has 1 fully saturated rings. The van der Waals surface area contributed by atoms with Crippen LogP contribution >= 0.6 is 0 Å². The number of hydrogen-bond donors (Lipinski definition) is 4. The van der Waals surface area contributed by atoms with Crippen molar-refractivity contribution in [2.24, 2.45) is 0 Å². The molecule has 0 bridgehead atoms. The van der Waals surface area contributed by atoms with E-state index >= 15 is 0 Å². The van der Waals surface area contributed by atoms with Crippen molar-refractivity contribution in [2.75, 3.05) is 6.61 Å². The Labute approximate surface area is 112 Å². The smallest absolute Gasteiger partial charge is 0.330 e. The fraction of sp³-hybridized carbons (Fsp3) is 0.455. The molecule has 0 saturated carbocycles. The van der Waals surface area contributed by atoms with Gasteiger partial charge in [0.2, 0.25) is 5.82 Å². The van der Waals surface area contributed by atoms with Crippen LogP contribution in [0.2, 0.25) is 0 Å². The minimum absolute atomic E-state index is 0.503. The minimum Gasteiger partial charge on any atom is -0.394 e. The molecule has 1 saturated heterocycles. The van der Waals surface area contributed by atoms with Gasteiger partial charge in [-0.25, -0.2) is 4.79 Å². The van der Waals surface area contributed by atoms with E-state index < -0.39 is 47.7 Å². The Morgan fingerprint density at radius 1 is 1.70 bits per heavy atom. The molecule has 0 aliphatic carbocycles. The summed E-state index contributed by atoms with van der Waals surface area (Å²) >= 11 is 0. The number of rotatable bonds is 2. The summed E-state index contributed by atoms with van der Waals surface area (Å²) in [7, 11) is 0. The van der Waals surface area contributed by atoms with E-state index in [0.29, 0.717) is 10.8 Å². The van der Waals surface area contributed by atoms with Crippen molar-refractivity contribution in [1.29, 1.82) is 0 Å². The van der Waals surface area contributed by atoms with Gasteiger partial charge in [-0.05, 0) is 0 Å². The Morgan fingerprint density at radius 3 is 3.00 bits per heavy atom. The number of aliphatic hydroxyl groups excluding tert-OH is 2. The fourth-order valence-electron chi connectivity index (χ4n) is 1.96. The Kier molecular flexibility index (Phi) is 3.15. The van der Waals surface area contributed by atoms with E-state index in [1.54, 1.807) is 11.4 Å². The monoisotopic (exact) mass is 287 g/mol. The Hall–Kier alpha value is -1.99. The van der Waals surface area contributed by atoms with Gasteiger partial charge >= 0.3 is 5.69 Å². The number of terminal acetylenes is 1. The van der Waals surface area contributed by atoms with Crippen LogP contribution in [-0.2, 0) is 4.74 Å². The van der Waals surface area contributed by atoms with Gasteiger partial charge < -0.3 is 20.1 Å². The predicted molar refractivity (Wildman–Crippen MR) is 62.1 cm³/mol. The number of aliphatic hydroxyl groups is 3. The first kappa shape index (κ1) is 13.0. The van der Waals surface area contributed by atoms with Gasteiger partial charge in [-0.15, -0.1) is 6.40 Å². The third-order valence-electron chi connectivity index (χ3n) is 3.08. The first-order valence-electron chi connectivity index (χ1n) is 5.96. The Balaban J connectivity index is 2.52. The van der Waals surface area contributed by atoms with Gasteiger partial charge in [-0.1, -0.05) is 5.92 Å². The number of hydrogen-bond acceptors (Lipinski definition) is 6. The molecular weight excluding hydrogens is 275 g/mol. The van der Waals surface area contributed by atoms with Crippen molar-refractivity contribution in [3.63, 3.8) is 0 Å². The van der Waals surface area contributed by atoms with Crippen molar-refractivity contribution >= 4 is 0 Å². The van der Waals surface area contributed by atoms with E-state index in [1.807, 2.05) is 5.92 Å². The van der Waals surface area contributed by atoms with E-state index in [4.69, 9.17) is 11.2 Å². The summed E-state index contributed by atoms with van der Waals surface area (Å²) in [6.07, 6.45) is -2.73. The van der Waals surface area contributed by atoms with E-state index in [2.05, 4.69) is 0 Å². The third-order valence-corrected chi connectivity index (χ3v) is 3.08. The van der Waals surface area contributed by atoms with Crippen LogP contribution in [0.1, 0.15) is 7.60 Å². The van der Waals surface area contributed by atoms with Crippen molar-refractivity contribution < 1.29 is 25.8 Å². The number of nitrogens with one attached hydrogen (secondary N) is 1. The molecule has 0 radical (unpaired) electrons. The normalized spacial score (nSPS) is 33.4. The summed E-state index contributed by atoms with van der Waals surface area (Å²) in [6, 6.07) is 0. The Morgan fingerprint density at radius 2 is 2.40 bits per heavy atom. The van der Waals surface area contributed by atoms with Gasteiger partial charge in [0.25, 0.3) is 5.56 Å². The maximum absolute atomic E-state index is 13.2. The first-order chi connectivity index (χ1) is 9.85. The zero-order valence-corrected chi connectivity index (χ0v) is 9.91. The maximum atomic E-state index is 13.2. The molecule has 4 N–H and O–H groups in total. The first-order valence-corrected chi connectivity index (χ1v) is 5.46. The van der Waals surface area contributed by atoms with Gasteiger partial charge in [-0.2, -0.15) is 4.39 Å². The second-order valence-corrected chi connectivity index (χ2v) is 4.24. The second kappa shape index (κ2) is 4.84. The zero-order valence-electron chi connectivity index (χ0n) is 10.9. The van der Waals surface area contributed by atoms with Gasteiger partial charge in [0.1, 0.15) is 13.6 Å². The Bertz CT molecular complexity index is 722. The maximum Gasteiger partial charge on any atom is 0.330 e. The molecule has 1 aliphatic rings. The summed E-state index contributed by atoms with van der Waals surface area (Å²) in [5, 5.41) is 29.3. The van der Waals surface area contributed by atoms with Gasteiger partial charge in [0.05, 0.1) is 12.8 Å². The largest absolute Gasteiger partial charge is 0.394 e. The molecule has 1 aromatic heterocycles. The minimum atomic E-state index is -2.31. The quantitative estimate of drug-likeness (QED) is 0.438. The van der Waals surface area contributed by atoms with Crippen LogP contribution in [0.15, 0.2) is 15.8 Å². The predicted octanol–water partition coefficient (Wildman–Crippen LogP) is -2.71. The van der Waals surface area contributed by atoms with Crippen LogP contribution in [0.4, 0.5) is 4.39 Å². The van der Waals surface area contributed by atoms with Crippen LogP contribution in [0.25, 0.3) is 0 Å². The lowest BCUT2D eigenvalue weighted by Gasteiger charge is -2.23.